The van der Waals surface area contributed by atoms with Gasteiger partial charge in [-0.2, -0.15) is 0 Å². The van der Waals surface area contributed by atoms with Crippen LogP contribution in [0.15, 0.2) is 30.3 Å². The number of fused-ring (bicyclic) bond motifs is 1. The SMILES string of the molecule is NC(=O)C1CCCN(c2cc3ccccc3c(Cl)n2)C1. The van der Waals surface area contributed by atoms with E-state index in [9.17, 15) is 4.79 Å². The zero-order chi connectivity index (χ0) is 14.1. The number of halogens is 1. The van der Waals surface area contributed by atoms with Gasteiger partial charge in [-0.3, -0.25) is 4.79 Å². The summed E-state index contributed by atoms with van der Waals surface area (Å²) >= 11 is 6.25. The standard InChI is InChI=1S/C15H16ClN3O/c16-14-12-6-2-1-4-10(12)8-13(18-14)19-7-3-5-11(9-19)15(17)20/h1-2,4,6,8,11H,3,5,7,9H2,(H2,17,20). The minimum absolute atomic E-state index is 0.101. The summed E-state index contributed by atoms with van der Waals surface area (Å²) in [4.78, 5) is 17.9. The minimum atomic E-state index is -0.235. The molecule has 0 radical (unpaired) electrons. The van der Waals surface area contributed by atoms with Crippen LogP contribution in [0.25, 0.3) is 10.8 Å². The lowest BCUT2D eigenvalue weighted by atomic mass is 9.97. The lowest BCUT2D eigenvalue weighted by Gasteiger charge is -2.32. The highest BCUT2D eigenvalue weighted by Gasteiger charge is 2.25. The van der Waals surface area contributed by atoms with Crippen molar-refractivity contribution in [2.45, 2.75) is 12.8 Å². The molecule has 1 aliphatic rings. The van der Waals surface area contributed by atoms with E-state index in [0.29, 0.717) is 11.7 Å². The maximum Gasteiger partial charge on any atom is 0.222 e. The van der Waals surface area contributed by atoms with Crippen LogP contribution in [-0.2, 0) is 4.79 Å². The molecular formula is C15H16ClN3O. The molecule has 1 amide bonds. The van der Waals surface area contributed by atoms with Gasteiger partial charge >= 0.3 is 0 Å². The number of benzene rings is 1. The van der Waals surface area contributed by atoms with E-state index < -0.39 is 0 Å². The number of nitrogens with zero attached hydrogens (tertiary/aromatic N) is 2. The summed E-state index contributed by atoms with van der Waals surface area (Å²) < 4.78 is 0. The molecule has 0 bridgehead atoms. The van der Waals surface area contributed by atoms with Crippen molar-refractivity contribution in [2.24, 2.45) is 11.7 Å². The number of anilines is 1. The number of amides is 1. The Kier molecular flexibility index (Phi) is 3.49. The third-order valence-corrected chi connectivity index (χ3v) is 4.12. The highest BCUT2D eigenvalue weighted by Crippen LogP contribution is 2.28. The number of carbonyl (C=O) groups excluding carboxylic acids is 1. The van der Waals surface area contributed by atoms with Crippen LogP contribution in [0.4, 0.5) is 5.82 Å². The number of hydrogen-bond acceptors (Lipinski definition) is 3. The molecule has 1 aliphatic heterocycles. The Balaban J connectivity index is 1.95. The second-order valence-corrected chi connectivity index (χ2v) is 5.54. The fraction of sp³-hybridized carbons (Fsp3) is 0.333. The van der Waals surface area contributed by atoms with Crippen LogP contribution in [0, 0.1) is 5.92 Å². The lowest BCUT2D eigenvalue weighted by Crippen LogP contribution is -2.41. The van der Waals surface area contributed by atoms with Crippen LogP contribution in [0.1, 0.15) is 12.8 Å². The average Bonchev–Trinajstić information content (AvgIpc) is 2.47. The van der Waals surface area contributed by atoms with E-state index >= 15 is 0 Å². The van der Waals surface area contributed by atoms with Crippen molar-refractivity contribution in [3.05, 3.63) is 35.5 Å². The van der Waals surface area contributed by atoms with E-state index in [0.717, 1.165) is 36.0 Å². The first-order valence-corrected chi connectivity index (χ1v) is 7.12. The average molecular weight is 290 g/mol. The van der Waals surface area contributed by atoms with E-state index in [2.05, 4.69) is 9.88 Å². The highest BCUT2D eigenvalue weighted by atomic mass is 35.5. The fourth-order valence-corrected chi connectivity index (χ4v) is 2.98. The third kappa shape index (κ3) is 2.43. The van der Waals surface area contributed by atoms with Crippen LogP contribution in [0.3, 0.4) is 0 Å². The van der Waals surface area contributed by atoms with E-state index in [4.69, 9.17) is 17.3 Å². The van der Waals surface area contributed by atoms with Gasteiger partial charge in [-0.05, 0) is 24.3 Å². The second-order valence-electron chi connectivity index (χ2n) is 5.18. The van der Waals surface area contributed by atoms with Crippen LogP contribution in [0.5, 0.6) is 0 Å². The molecule has 0 saturated carbocycles. The molecule has 0 aliphatic carbocycles. The molecule has 4 nitrogen and oxygen atoms in total. The Morgan fingerprint density at radius 2 is 2.20 bits per heavy atom. The van der Waals surface area contributed by atoms with Gasteiger partial charge in [0.25, 0.3) is 0 Å². The van der Waals surface area contributed by atoms with Gasteiger partial charge in [0, 0.05) is 18.5 Å². The molecule has 1 unspecified atom stereocenters. The molecule has 5 heteroatoms. The molecule has 0 spiro atoms. The zero-order valence-corrected chi connectivity index (χ0v) is 11.8. The van der Waals surface area contributed by atoms with Crippen LogP contribution < -0.4 is 10.6 Å². The maximum atomic E-state index is 11.4. The first-order chi connectivity index (χ1) is 9.65. The molecule has 1 fully saturated rings. The highest BCUT2D eigenvalue weighted by molar-refractivity contribution is 6.34. The molecule has 1 aromatic heterocycles. The normalized spacial score (nSPS) is 19.2. The van der Waals surface area contributed by atoms with Gasteiger partial charge in [0.05, 0.1) is 5.92 Å². The monoisotopic (exact) mass is 289 g/mol. The Labute approximate surface area is 122 Å². The van der Waals surface area contributed by atoms with E-state index in [1.165, 1.54) is 0 Å². The quantitative estimate of drug-likeness (QED) is 0.865. The number of rotatable bonds is 2. The summed E-state index contributed by atoms with van der Waals surface area (Å²) in [7, 11) is 0. The van der Waals surface area contributed by atoms with Crippen molar-refractivity contribution in [1.82, 2.24) is 4.98 Å². The number of piperidine rings is 1. The zero-order valence-electron chi connectivity index (χ0n) is 11.1. The fourth-order valence-electron chi connectivity index (χ4n) is 2.72. The number of aromatic nitrogens is 1. The van der Waals surface area contributed by atoms with Crippen LogP contribution >= 0.6 is 11.6 Å². The number of primary amides is 1. The number of pyridine rings is 1. The molecular weight excluding hydrogens is 274 g/mol. The summed E-state index contributed by atoms with van der Waals surface area (Å²) in [6.45, 7) is 1.50. The number of hydrogen-bond donors (Lipinski definition) is 1. The van der Waals surface area contributed by atoms with Crippen molar-refractivity contribution in [1.29, 1.82) is 0 Å². The molecule has 1 saturated heterocycles. The lowest BCUT2D eigenvalue weighted by molar-refractivity contribution is -0.122. The van der Waals surface area contributed by atoms with Gasteiger partial charge in [-0.15, -0.1) is 0 Å². The van der Waals surface area contributed by atoms with Gasteiger partial charge < -0.3 is 10.6 Å². The summed E-state index contributed by atoms with van der Waals surface area (Å²) in [5, 5.41) is 2.50. The molecule has 20 heavy (non-hydrogen) atoms. The Morgan fingerprint density at radius 1 is 1.40 bits per heavy atom. The van der Waals surface area contributed by atoms with Crippen molar-refractivity contribution in [3.63, 3.8) is 0 Å². The first kappa shape index (κ1) is 13.2. The molecule has 1 atom stereocenters. The molecule has 3 rings (SSSR count). The second kappa shape index (κ2) is 5.29. The molecule has 2 aromatic rings. The predicted octanol–water partition coefficient (Wildman–Crippen LogP) is 2.59. The largest absolute Gasteiger partial charge is 0.369 e. The smallest absolute Gasteiger partial charge is 0.222 e. The van der Waals surface area contributed by atoms with Crippen molar-refractivity contribution in [3.8, 4) is 0 Å². The van der Waals surface area contributed by atoms with Gasteiger partial charge in [0.1, 0.15) is 11.0 Å². The van der Waals surface area contributed by atoms with E-state index in [1.54, 1.807) is 0 Å². The number of carbonyl (C=O) groups is 1. The van der Waals surface area contributed by atoms with E-state index in [1.807, 2.05) is 30.3 Å². The summed E-state index contributed by atoms with van der Waals surface area (Å²) in [5.41, 5.74) is 5.42. The maximum absolute atomic E-state index is 11.4. The van der Waals surface area contributed by atoms with Crippen LogP contribution in [0.2, 0.25) is 5.15 Å². The predicted molar refractivity (Wildman–Crippen MR) is 80.9 cm³/mol. The Hall–Kier alpha value is -1.81. The summed E-state index contributed by atoms with van der Waals surface area (Å²) in [6.07, 6.45) is 1.80. The topological polar surface area (TPSA) is 59.2 Å². The Morgan fingerprint density at radius 3 is 3.00 bits per heavy atom. The van der Waals surface area contributed by atoms with Gasteiger partial charge in [0.15, 0.2) is 0 Å². The molecule has 104 valence electrons. The molecule has 2 N–H and O–H groups in total. The van der Waals surface area contributed by atoms with Gasteiger partial charge in [0.2, 0.25) is 5.91 Å². The minimum Gasteiger partial charge on any atom is -0.369 e. The molecule has 2 heterocycles. The summed E-state index contributed by atoms with van der Waals surface area (Å²) in [6, 6.07) is 9.91. The third-order valence-electron chi connectivity index (χ3n) is 3.83. The van der Waals surface area contributed by atoms with Crippen LogP contribution in [-0.4, -0.2) is 24.0 Å². The Bertz CT molecular complexity index is 659. The van der Waals surface area contributed by atoms with Crippen molar-refractivity contribution in [2.75, 3.05) is 18.0 Å². The van der Waals surface area contributed by atoms with Gasteiger partial charge in [-0.1, -0.05) is 35.9 Å². The van der Waals surface area contributed by atoms with Crippen molar-refractivity contribution < 1.29 is 4.79 Å². The number of nitrogens with two attached hydrogens (primary N) is 1. The summed E-state index contributed by atoms with van der Waals surface area (Å²) in [5.74, 6) is 0.483. The van der Waals surface area contributed by atoms with E-state index in [-0.39, 0.29) is 11.8 Å². The van der Waals surface area contributed by atoms with Crippen molar-refractivity contribution >= 4 is 34.1 Å². The first-order valence-electron chi connectivity index (χ1n) is 6.74. The molecule has 1 aromatic carbocycles. The van der Waals surface area contributed by atoms with Gasteiger partial charge in [-0.25, -0.2) is 4.98 Å².